The van der Waals surface area contributed by atoms with E-state index in [9.17, 15) is 14.4 Å². The molecule has 0 bridgehead atoms. The van der Waals surface area contributed by atoms with Crippen molar-refractivity contribution in [3.8, 4) is 0 Å². The number of rotatable bonds is 7. The van der Waals surface area contributed by atoms with E-state index in [1.54, 1.807) is 18.7 Å². The number of esters is 1. The zero-order chi connectivity index (χ0) is 22.4. The first-order valence-electron chi connectivity index (χ1n) is 11.3. The maximum absolute atomic E-state index is 12.7. The minimum absolute atomic E-state index is 0.0663. The molecule has 168 valence electrons. The first-order chi connectivity index (χ1) is 15.0. The average molecular weight is 428 g/mol. The number of nitrogens with zero attached hydrogens (tertiary/aromatic N) is 1. The van der Waals surface area contributed by atoms with Crippen LogP contribution in [0.4, 0.5) is 10.5 Å². The number of hydrogen-bond acceptors (Lipinski definition) is 4. The molecule has 0 saturated heterocycles. The molecule has 0 spiro atoms. The monoisotopic (exact) mass is 427 g/mol. The van der Waals surface area contributed by atoms with Gasteiger partial charge in [-0.3, -0.25) is 9.69 Å². The molecule has 1 heterocycles. The van der Waals surface area contributed by atoms with Crippen molar-refractivity contribution in [3.05, 3.63) is 41.1 Å². The average Bonchev–Trinajstić information content (AvgIpc) is 2.77. The fraction of sp³-hybridized carbons (Fsp3) is 0.542. The smallest absolute Gasteiger partial charge is 0.338 e. The Morgan fingerprint density at radius 1 is 1.13 bits per heavy atom. The fourth-order valence-electron chi connectivity index (χ4n) is 4.37. The molecule has 1 aliphatic heterocycles. The largest absolute Gasteiger partial charge is 0.463 e. The topological polar surface area (TPSA) is 87.7 Å². The van der Waals surface area contributed by atoms with E-state index in [1.165, 1.54) is 6.42 Å². The van der Waals surface area contributed by atoms with Crippen LogP contribution >= 0.6 is 0 Å². The zero-order valence-corrected chi connectivity index (χ0v) is 18.7. The quantitative estimate of drug-likeness (QED) is 0.627. The summed E-state index contributed by atoms with van der Waals surface area (Å²) in [5.74, 6) is -0.283. The Morgan fingerprint density at radius 3 is 2.42 bits per heavy atom. The van der Waals surface area contributed by atoms with Crippen LogP contribution in [0.2, 0.25) is 0 Å². The molecular formula is C24H33N3O4. The molecule has 1 aliphatic carbocycles. The predicted molar refractivity (Wildman–Crippen MR) is 119 cm³/mol. The number of ether oxygens (including phenoxy) is 1. The zero-order valence-electron chi connectivity index (χ0n) is 18.7. The molecule has 1 aromatic carbocycles. The molecule has 3 rings (SSSR count). The summed E-state index contributed by atoms with van der Waals surface area (Å²) in [7, 11) is 0. The molecule has 1 atom stereocenters. The van der Waals surface area contributed by atoms with Crippen molar-refractivity contribution < 1.29 is 19.1 Å². The van der Waals surface area contributed by atoms with Crippen LogP contribution in [-0.4, -0.2) is 36.0 Å². The second-order valence-electron chi connectivity index (χ2n) is 8.20. The highest BCUT2D eigenvalue weighted by Gasteiger charge is 2.36. The van der Waals surface area contributed by atoms with Gasteiger partial charge in [-0.05, 0) is 50.8 Å². The van der Waals surface area contributed by atoms with Crippen LogP contribution in [0, 0.1) is 5.92 Å². The van der Waals surface area contributed by atoms with Crippen LogP contribution in [0.3, 0.4) is 0 Å². The first kappa shape index (κ1) is 22.8. The third-order valence-corrected chi connectivity index (χ3v) is 6.03. The maximum atomic E-state index is 12.7. The van der Waals surface area contributed by atoms with Gasteiger partial charge in [0.05, 0.1) is 18.2 Å². The van der Waals surface area contributed by atoms with E-state index in [4.69, 9.17) is 4.74 Å². The molecule has 3 amide bonds. The number of amides is 3. The number of urea groups is 1. The summed E-state index contributed by atoms with van der Waals surface area (Å²) < 4.78 is 5.28. The highest BCUT2D eigenvalue weighted by Crippen LogP contribution is 2.32. The Balaban J connectivity index is 1.81. The number of hydrogen-bond donors (Lipinski definition) is 2. The Kier molecular flexibility index (Phi) is 7.71. The third-order valence-electron chi connectivity index (χ3n) is 6.03. The second kappa shape index (κ2) is 10.5. The third kappa shape index (κ3) is 5.27. The SMILES string of the molecule is CCCN1C(=O)NC(c2ccc(NC(=O)C3CCCCC3)cc2)C(C(=O)OCC)=C1C. The van der Waals surface area contributed by atoms with Gasteiger partial charge in [-0.2, -0.15) is 0 Å². The lowest BCUT2D eigenvalue weighted by molar-refractivity contribution is -0.139. The molecule has 0 aromatic heterocycles. The van der Waals surface area contributed by atoms with Crippen molar-refractivity contribution in [2.24, 2.45) is 5.92 Å². The van der Waals surface area contributed by atoms with Crippen LogP contribution in [0.15, 0.2) is 35.5 Å². The van der Waals surface area contributed by atoms with Crippen molar-refractivity contribution in [2.75, 3.05) is 18.5 Å². The van der Waals surface area contributed by atoms with Crippen molar-refractivity contribution in [1.29, 1.82) is 0 Å². The molecule has 31 heavy (non-hydrogen) atoms. The number of carbonyl (C=O) groups is 3. The van der Waals surface area contributed by atoms with E-state index in [-0.39, 0.29) is 24.5 Å². The lowest BCUT2D eigenvalue weighted by atomic mass is 9.88. The summed E-state index contributed by atoms with van der Waals surface area (Å²) in [6.45, 7) is 6.32. The summed E-state index contributed by atoms with van der Waals surface area (Å²) in [5, 5.41) is 5.94. The van der Waals surface area contributed by atoms with E-state index >= 15 is 0 Å². The summed E-state index contributed by atoms with van der Waals surface area (Å²) in [4.78, 5) is 39.5. The van der Waals surface area contributed by atoms with Gasteiger partial charge in [0.1, 0.15) is 0 Å². The molecule has 7 nitrogen and oxygen atoms in total. The van der Waals surface area contributed by atoms with Gasteiger partial charge >= 0.3 is 12.0 Å². The second-order valence-corrected chi connectivity index (χ2v) is 8.20. The number of benzene rings is 1. The van der Waals surface area contributed by atoms with E-state index < -0.39 is 12.0 Å². The van der Waals surface area contributed by atoms with Crippen molar-refractivity contribution >= 4 is 23.6 Å². The molecule has 2 aliphatic rings. The lowest BCUT2D eigenvalue weighted by Gasteiger charge is -2.35. The Hall–Kier alpha value is -2.83. The van der Waals surface area contributed by atoms with Gasteiger partial charge in [0.25, 0.3) is 0 Å². The normalized spacial score (nSPS) is 19.8. The molecular weight excluding hydrogens is 394 g/mol. The summed E-state index contributed by atoms with van der Waals surface area (Å²) in [6, 6.07) is 6.49. The van der Waals surface area contributed by atoms with E-state index in [0.29, 0.717) is 23.5 Å². The van der Waals surface area contributed by atoms with Gasteiger partial charge in [0.2, 0.25) is 5.91 Å². The Labute approximate surface area is 184 Å². The number of anilines is 1. The highest BCUT2D eigenvalue weighted by molar-refractivity contribution is 5.95. The standard InChI is InChI=1S/C24H33N3O4/c1-4-15-27-16(3)20(23(29)31-5-2)21(26-24(27)30)17-11-13-19(14-12-17)25-22(28)18-9-7-6-8-10-18/h11-14,18,21H,4-10,15H2,1-3H3,(H,25,28)(H,26,30). The van der Waals surface area contributed by atoms with Crippen LogP contribution < -0.4 is 10.6 Å². The van der Waals surface area contributed by atoms with Crippen LogP contribution in [0.25, 0.3) is 0 Å². The summed E-state index contributed by atoms with van der Waals surface area (Å²) >= 11 is 0. The summed E-state index contributed by atoms with van der Waals surface area (Å²) in [5.41, 5.74) is 2.53. The van der Waals surface area contributed by atoms with Gasteiger partial charge in [-0.15, -0.1) is 0 Å². The van der Waals surface area contributed by atoms with Crippen LogP contribution in [-0.2, 0) is 14.3 Å². The predicted octanol–water partition coefficient (Wildman–Crippen LogP) is 4.52. The minimum atomic E-state index is -0.595. The minimum Gasteiger partial charge on any atom is -0.463 e. The first-order valence-corrected chi connectivity index (χ1v) is 11.3. The molecule has 7 heteroatoms. The number of nitrogens with one attached hydrogen (secondary N) is 2. The van der Waals surface area contributed by atoms with Gasteiger partial charge in [-0.25, -0.2) is 9.59 Å². The maximum Gasteiger partial charge on any atom is 0.338 e. The van der Waals surface area contributed by atoms with E-state index in [2.05, 4.69) is 10.6 Å². The van der Waals surface area contributed by atoms with Gasteiger partial charge < -0.3 is 15.4 Å². The van der Waals surface area contributed by atoms with E-state index in [0.717, 1.165) is 37.7 Å². The van der Waals surface area contributed by atoms with Crippen molar-refractivity contribution in [1.82, 2.24) is 10.2 Å². The molecule has 0 radical (unpaired) electrons. The molecule has 1 fully saturated rings. The van der Waals surface area contributed by atoms with Gasteiger partial charge in [-0.1, -0.05) is 38.3 Å². The van der Waals surface area contributed by atoms with Crippen LogP contribution in [0.1, 0.15) is 70.9 Å². The van der Waals surface area contributed by atoms with Gasteiger partial charge in [0, 0.05) is 23.8 Å². The highest BCUT2D eigenvalue weighted by atomic mass is 16.5. The Bertz CT molecular complexity index is 841. The van der Waals surface area contributed by atoms with Crippen molar-refractivity contribution in [3.63, 3.8) is 0 Å². The summed E-state index contributed by atoms with van der Waals surface area (Å²) in [6.07, 6.45) is 6.09. The van der Waals surface area contributed by atoms with E-state index in [1.807, 2.05) is 31.2 Å². The number of allylic oxidation sites excluding steroid dienone is 1. The molecule has 2 N–H and O–H groups in total. The fourth-order valence-corrected chi connectivity index (χ4v) is 4.37. The van der Waals surface area contributed by atoms with Crippen molar-refractivity contribution in [2.45, 2.75) is 65.3 Å². The Morgan fingerprint density at radius 2 is 1.81 bits per heavy atom. The van der Waals surface area contributed by atoms with Gasteiger partial charge in [0.15, 0.2) is 0 Å². The van der Waals surface area contributed by atoms with Crippen LogP contribution in [0.5, 0.6) is 0 Å². The molecule has 1 aromatic rings. The number of carbonyl (C=O) groups excluding carboxylic acids is 3. The molecule has 1 saturated carbocycles. The molecule has 1 unspecified atom stereocenters. The lowest BCUT2D eigenvalue weighted by Crippen LogP contribution is -2.48.